The molecule has 0 unspecified atom stereocenters. The van der Waals surface area contributed by atoms with Crippen LogP contribution in [0.1, 0.15) is 33.6 Å². The first-order valence-corrected chi connectivity index (χ1v) is 7.85. The van der Waals surface area contributed by atoms with Crippen LogP contribution >= 0.6 is 0 Å². The molecule has 1 atom stereocenters. The number of nitrogens with zero attached hydrogens (tertiary/aromatic N) is 3. The minimum Gasteiger partial charge on any atom is -0.472 e. The summed E-state index contributed by atoms with van der Waals surface area (Å²) in [6.45, 7) is 6.80. The second-order valence-electron chi connectivity index (χ2n) is 6.73. The van der Waals surface area contributed by atoms with Gasteiger partial charge in [0.2, 0.25) is 5.88 Å². The van der Waals surface area contributed by atoms with Gasteiger partial charge < -0.3 is 19.4 Å². The Bertz CT molecular complexity index is 692. The highest BCUT2D eigenvalue weighted by Crippen LogP contribution is 2.24. The monoisotopic (exact) mass is 318 g/mol. The summed E-state index contributed by atoms with van der Waals surface area (Å²) < 4.78 is 11.5. The maximum absolute atomic E-state index is 12.2. The molecular formula is C16H22N4O3. The number of aromatic nitrogens is 3. The molecule has 0 aliphatic carbocycles. The lowest BCUT2D eigenvalue weighted by Crippen LogP contribution is -2.46. The number of rotatable bonds is 2. The first-order valence-electron chi connectivity index (χ1n) is 7.85. The number of likely N-dealkylation sites (tertiary alicyclic amines) is 1. The second kappa shape index (κ2) is 6.06. The Balaban J connectivity index is 1.67. The van der Waals surface area contributed by atoms with Gasteiger partial charge in [-0.25, -0.2) is 14.8 Å². The molecule has 124 valence electrons. The van der Waals surface area contributed by atoms with E-state index in [0.717, 1.165) is 23.9 Å². The van der Waals surface area contributed by atoms with Gasteiger partial charge >= 0.3 is 6.09 Å². The zero-order chi connectivity index (χ0) is 16.4. The predicted octanol–water partition coefficient (Wildman–Crippen LogP) is 2.74. The fourth-order valence-corrected chi connectivity index (χ4v) is 2.63. The Morgan fingerprint density at radius 3 is 3.00 bits per heavy atom. The van der Waals surface area contributed by atoms with Gasteiger partial charge in [0.1, 0.15) is 23.7 Å². The third-order valence-electron chi connectivity index (χ3n) is 3.63. The van der Waals surface area contributed by atoms with Crippen LogP contribution in [0.15, 0.2) is 18.6 Å². The average molecular weight is 318 g/mol. The van der Waals surface area contributed by atoms with Crippen LogP contribution in [0.4, 0.5) is 4.79 Å². The molecule has 7 nitrogen and oxygen atoms in total. The van der Waals surface area contributed by atoms with Crippen molar-refractivity contribution in [1.29, 1.82) is 0 Å². The number of aromatic amines is 1. The highest BCUT2D eigenvalue weighted by atomic mass is 16.6. The lowest BCUT2D eigenvalue weighted by molar-refractivity contribution is 0.00742. The van der Waals surface area contributed by atoms with E-state index in [1.807, 2.05) is 26.8 Å². The van der Waals surface area contributed by atoms with Crippen molar-refractivity contribution in [2.45, 2.75) is 45.3 Å². The first kappa shape index (κ1) is 15.6. The number of fused-ring (bicyclic) bond motifs is 1. The smallest absolute Gasteiger partial charge is 0.410 e. The molecule has 1 aliphatic heterocycles. The minimum absolute atomic E-state index is 0.0933. The molecule has 7 heteroatoms. The summed E-state index contributed by atoms with van der Waals surface area (Å²) in [7, 11) is 0. The van der Waals surface area contributed by atoms with Crippen molar-refractivity contribution in [1.82, 2.24) is 19.9 Å². The topological polar surface area (TPSA) is 80.3 Å². The molecule has 0 spiro atoms. The number of ether oxygens (including phenoxy) is 2. The van der Waals surface area contributed by atoms with Gasteiger partial charge in [-0.3, -0.25) is 0 Å². The minimum atomic E-state index is -0.491. The van der Waals surface area contributed by atoms with Crippen molar-refractivity contribution in [2.24, 2.45) is 0 Å². The Kier molecular flexibility index (Phi) is 4.11. The number of carbonyl (C=O) groups excluding carboxylic acids is 1. The van der Waals surface area contributed by atoms with Crippen LogP contribution in [0.25, 0.3) is 11.0 Å². The fraction of sp³-hybridized carbons (Fsp3) is 0.562. The number of piperidine rings is 1. The summed E-state index contributed by atoms with van der Waals surface area (Å²) in [5.41, 5.74) is 0.254. The maximum Gasteiger partial charge on any atom is 0.410 e. The molecule has 1 aliphatic rings. The largest absolute Gasteiger partial charge is 0.472 e. The summed E-state index contributed by atoms with van der Waals surface area (Å²) in [5.74, 6) is 0.548. The number of hydrogen-bond acceptors (Lipinski definition) is 5. The van der Waals surface area contributed by atoms with Gasteiger partial charge in [0.25, 0.3) is 0 Å². The molecular weight excluding hydrogens is 296 g/mol. The van der Waals surface area contributed by atoms with Gasteiger partial charge in [-0.2, -0.15) is 0 Å². The van der Waals surface area contributed by atoms with E-state index in [2.05, 4.69) is 15.0 Å². The molecule has 0 aromatic carbocycles. The van der Waals surface area contributed by atoms with Crippen molar-refractivity contribution in [2.75, 3.05) is 13.1 Å². The van der Waals surface area contributed by atoms with E-state index in [9.17, 15) is 4.79 Å². The third kappa shape index (κ3) is 3.72. The van der Waals surface area contributed by atoms with Crippen LogP contribution in [0.2, 0.25) is 0 Å². The molecule has 1 saturated heterocycles. The highest BCUT2D eigenvalue weighted by molar-refractivity contribution is 5.80. The van der Waals surface area contributed by atoms with E-state index >= 15 is 0 Å². The lowest BCUT2D eigenvalue weighted by Gasteiger charge is -2.34. The molecule has 1 amide bonds. The number of carbonyl (C=O) groups is 1. The zero-order valence-electron chi connectivity index (χ0n) is 13.7. The summed E-state index contributed by atoms with van der Waals surface area (Å²) in [5, 5.41) is 0.849. The van der Waals surface area contributed by atoms with Crippen molar-refractivity contribution < 1.29 is 14.3 Å². The lowest BCUT2D eigenvalue weighted by atomic mass is 10.1. The van der Waals surface area contributed by atoms with E-state index in [1.165, 1.54) is 6.33 Å². The predicted molar refractivity (Wildman–Crippen MR) is 85.3 cm³/mol. The van der Waals surface area contributed by atoms with Crippen LogP contribution in [0.3, 0.4) is 0 Å². The Morgan fingerprint density at radius 1 is 1.39 bits per heavy atom. The summed E-state index contributed by atoms with van der Waals surface area (Å²) in [6.07, 6.45) is 4.66. The van der Waals surface area contributed by atoms with Gasteiger partial charge in [-0.05, 0) is 39.7 Å². The van der Waals surface area contributed by atoms with E-state index in [1.54, 1.807) is 11.1 Å². The second-order valence-corrected chi connectivity index (χ2v) is 6.73. The van der Waals surface area contributed by atoms with Gasteiger partial charge in [-0.1, -0.05) is 0 Å². The normalized spacial score (nSPS) is 18.9. The van der Waals surface area contributed by atoms with Crippen LogP contribution in [-0.4, -0.2) is 50.7 Å². The van der Waals surface area contributed by atoms with E-state index in [-0.39, 0.29) is 12.2 Å². The van der Waals surface area contributed by atoms with Crippen LogP contribution in [0.5, 0.6) is 5.88 Å². The van der Waals surface area contributed by atoms with Gasteiger partial charge in [0.15, 0.2) is 0 Å². The van der Waals surface area contributed by atoms with Crippen molar-refractivity contribution in [3.8, 4) is 5.88 Å². The van der Waals surface area contributed by atoms with Crippen LogP contribution in [0, 0.1) is 0 Å². The fourth-order valence-electron chi connectivity index (χ4n) is 2.63. The maximum atomic E-state index is 12.2. The number of hydrogen-bond donors (Lipinski definition) is 1. The molecule has 3 heterocycles. The quantitative estimate of drug-likeness (QED) is 0.921. The molecule has 0 radical (unpaired) electrons. The van der Waals surface area contributed by atoms with Gasteiger partial charge in [0.05, 0.1) is 11.9 Å². The third-order valence-corrected chi connectivity index (χ3v) is 3.63. The molecule has 2 aromatic heterocycles. The summed E-state index contributed by atoms with van der Waals surface area (Å²) in [4.78, 5) is 25.3. The Morgan fingerprint density at radius 2 is 2.22 bits per heavy atom. The molecule has 23 heavy (non-hydrogen) atoms. The van der Waals surface area contributed by atoms with Crippen molar-refractivity contribution in [3.05, 3.63) is 18.6 Å². The van der Waals surface area contributed by atoms with Gasteiger partial charge in [-0.15, -0.1) is 0 Å². The molecule has 0 saturated carbocycles. The summed E-state index contributed by atoms with van der Waals surface area (Å²) in [6, 6.07) is 1.89. The highest BCUT2D eigenvalue weighted by Gasteiger charge is 2.29. The van der Waals surface area contributed by atoms with E-state index in [4.69, 9.17) is 9.47 Å². The van der Waals surface area contributed by atoms with Crippen LogP contribution in [-0.2, 0) is 4.74 Å². The Labute approximate surface area is 135 Å². The number of nitrogens with one attached hydrogen (secondary N) is 1. The van der Waals surface area contributed by atoms with Crippen LogP contribution < -0.4 is 4.74 Å². The van der Waals surface area contributed by atoms with E-state index in [0.29, 0.717) is 19.0 Å². The Hall–Kier alpha value is -2.31. The number of H-pyrrole nitrogens is 1. The number of amides is 1. The summed E-state index contributed by atoms with van der Waals surface area (Å²) >= 11 is 0. The van der Waals surface area contributed by atoms with Crippen molar-refractivity contribution in [3.63, 3.8) is 0 Å². The zero-order valence-corrected chi connectivity index (χ0v) is 13.7. The van der Waals surface area contributed by atoms with E-state index < -0.39 is 5.60 Å². The SMILES string of the molecule is CC(C)(C)OC(=O)N1CCC[C@H](Oc2ncnc3[nH]ccc23)C1. The molecule has 1 N–H and O–H groups in total. The van der Waals surface area contributed by atoms with Crippen molar-refractivity contribution >= 4 is 17.1 Å². The molecule has 3 rings (SSSR count). The average Bonchev–Trinajstić information content (AvgIpc) is 2.95. The standard InChI is InChI=1S/C16H22N4O3/c1-16(2,3)23-15(21)20-8-4-5-11(9-20)22-14-12-6-7-17-13(12)18-10-19-14/h6-7,10-11H,4-5,8-9H2,1-3H3,(H,17,18,19)/t11-/m0/s1. The molecule has 0 bridgehead atoms. The molecule has 1 fully saturated rings. The van der Waals surface area contributed by atoms with Gasteiger partial charge in [0, 0.05) is 12.7 Å². The molecule has 2 aromatic rings. The first-order chi connectivity index (χ1) is 10.9.